The first kappa shape index (κ1) is 18.1. The SMILES string of the molecule is CC(C)c1ccc2c(c1)OC1(O)c3cccc(N)c3C(=O)C21CNS(=O)O. The number of carbonyl (C=O) groups is 1. The van der Waals surface area contributed by atoms with Gasteiger partial charge >= 0.3 is 0 Å². The Morgan fingerprint density at radius 2 is 2.00 bits per heavy atom. The normalized spacial score (nSPS) is 26.5. The molecule has 0 bridgehead atoms. The number of nitrogens with two attached hydrogens (primary N) is 1. The molecule has 0 amide bonds. The summed E-state index contributed by atoms with van der Waals surface area (Å²) in [5.41, 5.74) is 6.54. The summed E-state index contributed by atoms with van der Waals surface area (Å²) in [6, 6.07) is 10.2. The van der Waals surface area contributed by atoms with Crippen LogP contribution in [0.25, 0.3) is 0 Å². The Morgan fingerprint density at radius 3 is 2.67 bits per heavy atom. The second kappa shape index (κ2) is 5.87. The highest BCUT2D eigenvalue weighted by molar-refractivity contribution is 7.77. The lowest BCUT2D eigenvalue weighted by molar-refractivity contribution is -0.162. The summed E-state index contributed by atoms with van der Waals surface area (Å²) >= 11 is -2.37. The molecule has 142 valence electrons. The summed E-state index contributed by atoms with van der Waals surface area (Å²) in [6.07, 6.45) is 0. The Balaban J connectivity index is 1.98. The number of nitrogen functional groups attached to an aromatic ring is 1. The summed E-state index contributed by atoms with van der Waals surface area (Å²) < 4.78 is 28.8. The Hall–Kier alpha value is -2.26. The van der Waals surface area contributed by atoms with Gasteiger partial charge in [-0.05, 0) is 23.6 Å². The van der Waals surface area contributed by atoms with E-state index < -0.39 is 28.3 Å². The molecule has 0 saturated carbocycles. The molecular weight excluding hydrogens is 368 g/mol. The molecule has 0 radical (unpaired) electrons. The van der Waals surface area contributed by atoms with E-state index in [9.17, 15) is 18.7 Å². The van der Waals surface area contributed by atoms with Crippen LogP contribution in [-0.4, -0.2) is 26.2 Å². The molecule has 1 aliphatic heterocycles. The first-order valence-corrected chi connectivity index (χ1v) is 9.67. The summed E-state index contributed by atoms with van der Waals surface area (Å²) in [4.78, 5) is 13.5. The lowest BCUT2D eigenvalue weighted by Crippen LogP contribution is -2.54. The van der Waals surface area contributed by atoms with Gasteiger partial charge in [-0.3, -0.25) is 9.35 Å². The average molecular weight is 388 g/mol. The van der Waals surface area contributed by atoms with Crippen molar-refractivity contribution in [2.45, 2.75) is 31.0 Å². The molecule has 2 aliphatic rings. The number of ether oxygens (including phenoxy) is 1. The minimum absolute atomic E-state index is 0.184. The molecule has 0 spiro atoms. The van der Waals surface area contributed by atoms with E-state index in [4.69, 9.17) is 10.5 Å². The number of anilines is 1. The van der Waals surface area contributed by atoms with Crippen molar-refractivity contribution in [2.24, 2.45) is 0 Å². The minimum Gasteiger partial charge on any atom is -0.456 e. The van der Waals surface area contributed by atoms with Crippen LogP contribution in [0.1, 0.15) is 46.8 Å². The Kier molecular flexibility index (Phi) is 3.94. The quantitative estimate of drug-likeness (QED) is 0.468. The van der Waals surface area contributed by atoms with Crippen LogP contribution in [0.15, 0.2) is 36.4 Å². The number of aliphatic hydroxyl groups is 1. The van der Waals surface area contributed by atoms with Crippen molar-refractivity contribution in [3.05, 3.63) is 58.7 Å². The molecule has 0 fully saturated rings. The smallest absolute Gasteiger partial charge is 0.254 e. The lowest BCUT2D eigenvalue weighted by atomic mass is 9.74. The van der Waals surface area contributed by atoms with E-state index in [2.05, 4.69) is 4.72 Å². The Morgan fingerprint density at radius 1 is 1.26 bits per heavy atom. The topological polar surface area (TPSA) is 122 Å². The van der Waals surface area contributed by atoms with E-state index in [1.807, 2.05) is 19.9 Å². The van der Waals surface area contributed by atoms with Gasteiger partial charge < -0.3 is 15.6 Å². The molecule has 3 atom stereocenters. The van der Waals surface area contributed by atoms with E-state index in [0.29, 0.717) is 11.3 Å². The number of hydrogen-bond donors (Lipinski definition) is 4. The zero-order valence-electron chi connectivity index (χ0n) is 14.9. The molecule has 5 N–H and O–H groups in total. The first-order valence-electron chi connectivity index (χ1n) is 8.56. The van der Waals surface area contributed by atoms with Crippen LogP contribution >= 0.6 is 0 Å². The van der Waals surface area contributed by atoms with Crippen LogP contribution in [0.2, 0.25) is 0 Å². The fraction of sp³-hybridized carbons (Fsp3) is 0.316. The van der Waals surface area contributed by atoms with E-state index in [-0.39, 0.29) is 29.3 Å². The van der Waals surface area contributed by atoms with Crippen LogP contribution < -0.4 is 15.2 Å². The van der Waals surface area contributed by atoms with E-state index in [1.54, 1.807) is 30.3 Å². The number of benzene rings is 2. The van der Waals surface area contributed by atoms with Gasteiger partial charge in [0.25, 0.3) is 5.79 Å². The minimum atomic E-state index is -2.37. The summed E-state index contributed by atoms with van der Waals surface area (Å²) in [7, 11) is 0. The van der Waals surface area contributed by atoms with Gasteiger partial charge in [-0.1, -0.05) is 38.1 Å². The average Bonchev–Trinajstić information content (AvgIpc) is 2.97. The number of rotatable bonds is 4. The molecule has 8 heteroatoms. The zero-order chi connectivity index (χ0) is 19.6. The van der Waals surface area contributed by atoms with Gasteiger partial charge in [0.2, 0.25) is 11.3 Å². The van der Waals surface area contributed by atoms with Crippen molar-refractivity contribution in [2.75, 3.05) is 12.3 Å². The maximum Gasteiger partial charge on any atom is 0.254 e. The maximum absolute atomic E-state index is 13.5. The van der Waals surface area contributed by atoms with Crippen molar-refractivity contribution in [1.29, 1.82) is 0 Å². The third-order valence-corrected chi connectivity index (χ3v) is 5.90. The fourth-order valence-corrected chi connectivity index (χ4v) is 4.45. The van der Waals surface area contributed by atoms with Crippen LogP contribution in [0.5, 0.6) is 5.75 Å². The number of nitrogens with one attached hydrogen (secondary N) is 1. The van der Waals surface area contributed by atoms with Gasteiger partial charge in [-0.2, -0.15) is 0 Å². The van der Waals surface area contributed by atoms with Crippen LogP contribution in [0.3, 0.4) is 0 Å². The number of fused-ring (bicyclic) bond motifs is 5. The number of ketones is 1. The highest BCUT2D eigenvalue weighted by atomic mass is 32.2. The van der Waals surface area contributed by atoms with Gasteiger partial charge in [0.1, 0.15) is 11.2 Å². The van der Waals surface area contributed by atoms with Crippen molar-refractivity contribution in [1.82, 2.24) is 4.72 Å². The van der Waals surface area contributed by atoms with Crippen molar-refractivity contribution >= 4 is 22.7 Å². The van der Waals surface area contributed by atoms with Crippen LogP contribution in [0, 0.1) is 0 Å². The molecule has 27 heavy (non-hydrogen) atoms. The maximum atomic E-state index is 13.5. The second-order valence-corrected chi connectivity index (χ2v) is 8.02. The third-order valence-electron chi connectivity index (χ3n) is 5.51. The molecule has 4 rings (SSSR count). The van der Waals surface area contributed by atoms with Crippen molar-refractivity contribution < 1.29 is 23.4 Å². The molecule has 2 aromatic carbocycles. The largest absolute Gasteiger partial charge is 0.456 e. The second-order valence-electron chi connectivity index (χ2n) is 7.23. The first-order chi connectivity index (χ1) is 12.7. The monoisotopic (exact) mass is 388 g/mol. The van der Waals surface area contributed by atoms with Crippen LogP contribution in [-0.2, 0) is 22.5 Å². The summed E-state index contributed by atoms with van der Waals surface area (Å²) in [6.45, 7) is 3.77. The highest BCUT2D eigenvalue weighted by Gasteiger charge is 2.70. The van der Waals surface area contributed by atoms with Gasteiger partial charge in [-0.15, -0.1) is 0 Å². The number of Topliss-reactive ketones (excluding diaryl/α,β-unsaturated/α-hetero) is 1. The number of hydrogen-bond acceptors (Lipinski definition) is 5. The predicted octanol–water partition coefficient (Wildman–Crippen LogP) is 1.79. The van der Waals surface area contributed by atoms with Gasteiger partial charge in [0, 0.05) is 23.4 Å². The molecule has 1 aliphatic carbocycles. The molecule has 2 aromatic rings. The number of carbonyl (C=O) groups excluding carboxylic acids is 1. The van der Waals surface area contributed by atoms with E-state index in [1.165, 1.54) is 0 Å². The van der Waals surface area contributed by atoms with Gasteiger partial charge in [0.05, 0.1) is 5.56 Å². The Labute approximate surface area is 159 Å². The van der Waals surface area contributed by atoms with Crippen molar-refractivity contribution in [3.8, 4) is 5.75 Å². The molecule has 1 heterocycles. The standard InChI is InChI=1S/C19H20N2O5S/c1-10(2)11-6-7-12-15(8-11)26-19(23)13-4-3-5-14(20)16(13)17(22)18(12,19)9-21-27(24)25/h3-8,10,21,23H,9,20H2,1-2H3,(H,24,25). The summed E-state index contributed by atoms with van der Waals surface area (Å²) in [5, 5.41) is 11.6. The van der Waals surface area contributed by atoms with Crippen LogP contribution in [0.4, 0.5) is 5.69 Å². The highest BCUT2D eigenvalue weighted by Crippen LogP contribution is 2.60. The third kappa shape index (κ3) is 2.24. The van der Waals surface area contributed by atoms with Gasteiger partial charge in [-0.25, -0.2) is 8.93 Å². The molecule has 7 nitrogen and oxygen atoms in total. The molecular formula is C19H20N2O5S. The van der Waals surface area contributed by atoms with Crippen molar-refractivity contribution in [3.63, 3.8) is 0 Å². The predicted molar refractivity (Wildman–Crippen MR) is 101 cm³/mol. The molecule has 3 unspecified atom stereocenters. The zero-order valence-corrected chi connectivity index (χ0v) is 15.7. The Bertz CT molecular complexity index is 992. The molecule has 0 saturated heterocycles. The molecule has 0 aromatic heterocycles. The van der Waals surface area contributed by atoms with E-state index in [0.717, 1.165) is 5.56 Å². The fourth-order valence-electron chi connectivity index (χ4n) is 4.11. The van der Waals surface area contributed by atoms with E-state index >= 15 is 0 Å². The summed E-state index contributed by atoms with van der Waals surface area (Å²) in [5.74, 6) is -1.84. The lowest BCUT2D eigenvalue weighted by Gasteiger charge is -2.33. The van der Waals surface area contributed by atoms with Gasteiger partial charge in [0.15, 0.2) is 5.78 Å².